The minimum absolute atomic E-state index is 0.159. The molecule has 140 valence electrons. The first kappa shape index (κ1) is 17.4. The quantitative estimate of drug-likeness (QED) is 0.493. The molecule has 1 amide bonds. The van der Waals surface area contributed by atoms with Crippen molar-refractivity contribution in [1.29, 1.82) is 0 Å². The van der Waals surface area contributed by atoms with Crippen molar-refractivity contribution in [2.75, 3.05) is 11.1 Å². The molecule has 4 N–H and O–H groups in total. The molecule has 4 nitrogen and oxygen atoms in total. The normalized spacial score (nSPS) is 13.4. The van der Waals surface area contributed by atoms with Crippen molar-refractivity contribution in [3.63, 3.8) is 0 Å². The second-order valence-corrected chi connectivity index (χ2v) is 8.98. The smallest absolute Gasteiger partial charge is 0.270 e. The SMILES string of the molecule is Nc1c(C(=O)Nc2ccccc2)sc2[nH+]c3c(c(-c4cccs4)c12)CCCC3. The predicted octanol–water partition coefficient (Wildman–Crippen LogP) is 5.16. The number of aryl methyl sites for hydroxylation is 1. The van der Waals surface area contributed by atoms with Gasteiger partial charge in [0.1, 0.15) is 4.88 Å². The number of H-pyrrole nitrogens is 1. The summed E-state index contributed by atoms with van der Waals surface area (Å²) in [5, 5.41) is 6.05. The van der Waals surface area contributed by atoms with Gasteiger partial charge < -0.3 is 11.1 Å². The number of thiophene rings is 2. The largest absolute Gasteiger partial charge is 0.397 e. The van der Waals surface area contributed by atoms with Gasteiger partial charge in [0.25, 0.3) is 10.7 Å². The predicted molar refractivity (Wildman–Crippen MR) is 117 cm³/mol. The molecule has 4 aromatic rings. The molecule has 28 heavy (non-hydrogen) atoms. The van der Waals surface area contributed by atoms with E-state index in [1.54, 1.807) is 11.3 Å². The standard InChI is InChI=1S/C22H19N3OS2/c23-19-18-17(16-11-6-12-27-16)14-9-4-5-10-15(14)25-22(18)28-20(19)21(26)24-13-7-2-1-3-8-13/h1-3,6-8,11-12H,4-5,9-10,23H2,(H,24,26)/p+1. The van der Waals surface area contributed by atoms with Crippen LogP contribution >= 0.6 is 22.7 Å². The summed E-state index contributed by atoms with van der Waals surface area (Å²) < 4.78 is 0. The summed E-state index contributed by atoms with van der Waals surface area (Å²) in [5.74, 6) is -0.159. The number of benzene rings is 1. The van der Waals surface area contributed by atoms with Crippen LogP contribution in [0.1, 0.15) is 33.8 Å². The van der Waals surface area contributed by atoms with Crippen LogP contribution in [0.3, 0.4) is 0 Å². The fraction of sp³-hybridized carbons (Fsp3) is 0.182. The van der Waals surface area contributed by atoms with E-state index in [9.17, 15) is 4.79 Å². The number of carbonyl (C=O) groups is 1. The number of aromatic amines is 1. The summed E-state index contributed by atoms with van der Waals surface area (Å²) in [4.78, 5) is 19.3. The summed E-state index contributed by atoms with van der Waals surface area (Å²) in [5.41, 5.74) is 11.8. The number of carbonyl (C=O) groups excluding carboxylic acids is 1. The van der Waals surface area contributed by atoms with Crippen molar-refractivity contribution in [3.05, 3.63) is 64.0 Å². The Balaban J connectivity index is 1.68. The molecule has 0 bridgehead atoms. The lowest BCUT2D eigenvalue weighted by molar-refractivity contribution is -0.356. The third-order valence-electron chi connectivity index (χ3n) is 5.23. The Morgan fingerprint density at radius 2 is 1.89 bits per heavy atom. The molecule has 0 atom stereocenters. The number of nitrogens with two attached hydrogens (primary N) is 1. The molecular formula is C22H20N3OS2+. The van der Waals surface area contributed by atoms with Crippen molar-refractivity contribution in [2.45, 2.75) is 25.7 Å². The molecule has 5 rings (SSSR count). The lowest BCUT2D eigenvalue weighted by Gasteiger charge is -2.15. The zero-order chi connectivity index (χ0) is 19.1. The highest BCUT2D eigenvalue weighted by Gasteiger charge is 2.30. The molecule has 1 aliphatic carbocycles. The summed E-state index contributed by atoms with van der Waals surface area (Å²) >= 11 is 3.17. The van der Waals surface area contributed by atoms with Crippen LogP contribution in [-0.2, 0) is 12.8 Å². The van der Waals surface area contributed by atoms with Gasteiger partial charge in [0.05, 0.1) is 11.1 Å². The van der Waals surface area contributed by atoms with E-state index in [1.165, 1.54) is 45.9 Å². The molecule has 0 aliphatic heterocycles. The highest BCUT2D eigenvalue weighted by molar-refractivity contribution is 7.21. The van der Waals surface area contributed by atoms with Crippen LogP contribution in [0.25, 0.3) is 20.7 Å². The molecule has 0 saturated heterocycles. The molecule has 0 fully saturated rings. The van der Waals surface area contributed by atoms with Gasteiger partial charge in [-0.05, 0) is 42.8 Å². The number of nitrogen functional groups attached to an aromatic ring is 1. The highest BCUT2D eigenvalue weighted by Crippen LogP contribution is 2.43. The molecule has 0 spiro atoms. The van der Waals surface area contributed by atoms with E-state index in [0.717, 1.165) is 28.7 Å². The number of anilines is 2. The van der Waals surface area contributed by atoms with Gasteiger partial charge >= 0.3 is 0 Å². The number of hydrogen-bond donors (Lipinski definition) is 2. The van der Waals surface area contributed by atoms with Gasteiger partial charge in [0.2, 0.25) is 0 Å². The maximum absolute atomic E-state index is 12.9. The molecule has 0 radical (unpaired) electrons. The third kappa shape index (κ3) is 2.89. The number of pyridine rings is 1. The van der Waals surface area contributed by atoms with Gasteiger partial charge in [0.15, 0.2) is 5.69 Å². The van der Waals surface area contributed by atoms with E-state index in [2.05, 4.69) is 27.8 Å². The average Bonchev–Trinajstić information content (AvgIpc) is 3.36. The summed E-state index contributed by atoms with van der Waals surface area (Å²) in [6, 6.07) is 13.7. The van der Waals surface area contributed by atoms with Crippen LogP contribution in [0.5, 0.6) is 0 Å². The monoisotopic (exact) mass is 406 g/mol. The zero-order valence-electron chi connectivity index (χ0n) is 15.2. The van der Waals surface area contributed by atoms with Gasteiger partial charge in [-0.1, -0.05) is 35.6 Å². The van der Waals surface area contributed by atoms with E-state index in [4.69, 9.17) is 5.73 Å². The molecule has 3 heterocycles. The number of amides is 1. The Hall–Kier alpha value is -2.70. The topological polar surface area (TPSA) is 69.3 Å². The summed E-state index contributed by atoms with van der Waals surface area (Å²) in [6.45, 7) is 0. The second-order valence-electron chi connectivity index (χ2n) is 7.01. The van der Waals surface area contributed by atoms with E-state index >= 15 is 0 Å². The fourth-order valence-corrected chi connectivity index (χ4v) is 5.81. The Morgan fingerprint density at radius 3 is 2.68 bits per heavy atom. The van der Waals surface area contributed by atoms with Gasteiger partial charge in [-0.3, -0.25) is 4.79 Å². The first-order valence-electron chi connectivity index (χ1n) is 9.41. The van der Waals surface area contributed by atoms with Gasteiger partial charge in [-0.15, -0.1) is 11.3 Å². The summed E-state index contributed by atoms with van der Waals surface area (Å²) in [7, 11) is 0. The van der Waals surface area contributed by atoms with E-state index < -0.39 is 0 Å². The zero-order valence-corrected chi connectivity index (χ0v) is 16.9. The molecule has 1 aromatic carbocycles. The van der Waals surface area contributed by atoms with E-state index in [1.807, 2.05) is 30.3 Å². The van der Waals surface area contributed by atoms with Gasteiger partial charge in [-0.2, -0.15) is 4.98 Å². The minimum atomic E-state index is -0.159. The highest BCUT2D eigenvalue weighted by atomic mass is 32.1. The molecular weight excluding hydrogens is 386 g/mol. The second kappa shape index (κ2) is 7.04. The molecule has 0 unspecified atom stereocenters. The van der Waals surface area contributed by atoms with Crippen molar-refractivity contribution >= 4 is 50.2 Å². The van der Waals surface area contributed by atoms with Crippen LogP contribution in [0.15, 0.2) is 47.8 Å². The molecule has 1 aliphatic rings. The number of para-hydroxylation sites is 1. The number of rotatable bonds is 3. The van der Waals surface area contributed by atoms with Crippen molar-refractivity contribution in [3.8, 4) is 10.4 Å². The number of aromatic nitrogens is 1. The Kier molecular flexibility index (Phi) is 4.37. The maximum atomic E-state index is 12.9. The van der Waals surface area contributed by atoms with Crippen LogP contribution in [0, 0.1) is 0 Å². The number of nitrogens with one attached hydrogen (secondary N) is 2. The number of fused-ring (bicyclic) bond motifs is 2. The average molecular weight is 407 g/mol. The van der Waals surface area contributed by atoms with Crippen LogP contribution in [-0.4, -0.2) is 5.91 Å². The van der Waals surface area contributed by atoms with E-state index in [0.29, 0.717) is 10.6 Å². The first-order valence-corrected chi connectivity index (χ1v) is 11.1. The maximum Gasteiger partial charge on any atom is 0.270 e. The van der Waals surface area contributed by atoms with E-state index in [-0.39, 0.29) is 5.91 Å². The van der Waals surface area contributed by atoms with Crippen molar-refractivity contribution in [1.82, 2.24) is 0 Å². The van der Waals surface area contributed by atoms with Gasteiger partial charge in [-0.25, -0.2) is 0 Å². The molecule has 3 aromatic heterocycles. The van der Waals surface area contributed by atoms with Crippen LogP contribution in [0.4, 0.5) is 11.4 Å². The van der Waals surface area contributed by atoms with Crippen LogP contribution in [0.2, 0.25) is 0 Å². The summed E-state index contributed by atoms with van der Waals surface area (Å²) in [6.07, 6.45) is 4.49. The number of hydrogen-bond acceptors (Lipinski definition) is 4. The lowest BCUT2D eigenvalue weighted by Crippen LogP contribution is -2.19. The first-order chi connectivity index (χ1) is 13.7. The molecule has 6 heteroatoms. The molecule has 0 saturated carbocycles. The van der Waals surface area contributed by atoms with Crippen LogP contribution < -0.4 is 16.0 Å². The third-order valence-corrected chi connectivity index (χ3v) is 7.24. The van der Waals surface area contributed by atoms with Gasteiger partial charge in [0, 0.05) is 28.1 Å². The Morgan fingerprint density at radius 1 is 1.07 bits per heavy atom. The Bertz CT molecular complexity index is 1160. The lowest BCUT2D eigenvalue weighted by atomic mass is 9.90. The fourth-order valence-electron chi connectivity index (χ4n) is 3.96. The minimum Gasteiger partial charge on any atom is -0.397 e. The van der Waals surface area contributed by atoms with Crippen molar-refractivity contribution < 1.29 is 9.78 Å². The Labute approximate surface area is 171 Å². The van der Waals surface area contributed by atoms with Crippen molar-refractivity contribution in [2.24, 2.45) is 0 Å².